The average molecular weight is 589 g/mol. The molecule has 0 bridgehead atoms. The number of thioether (sulfide) groups is 1. The molecule has 0 spiro atoms. The van der Waals surface area contributed by atoms with Gasteiger partial charge in [-0.2, -0.15) is 0 Å². The summed E-state index contributed by atoms with van der Waals surface area (Å²) in [6.07, 6.45) is 1.70. The fourth-order valence-corrected chi connectivity index (χ4v) is 4.48. The van der Waals surface area contributed by atoms with Gasteiger partial charge in [0.05, 0.1) is 22.2 Å². The first-order valence-electron chi connectivity index (χ1n) is 9.24. The Labute approximate surface area is 207 Å². The number of halogens is 2. The number of carbonyl (C=O) groups excluding carboxylic acids is 1. The molecule has 0 saturated carbocycles. The summed E-state index contributed by atoms with van der Waals surface area (Å²) in [6, 6.07) is 8.51. The van der Waals surface area contributed by atoms with Crippen molar-refractivity contribution in [3.63, 3.8) is 0 Å². The van der Waals surface area contributed by atoms with Crippen molar-refractivity contribution >= 4 is 74.8 Å². The number of aliphatic imine (C=N–C) groups is 1. The molecular formula is C21H18ClIN2O6S. The monoisotopic (exact) mass is 588 g/mol. The van der Waals surface area contributed by atoms with Crippen LogP contribution in [-0.4, -0.2) is 42.5 Å². The van der Waals surface area contributed by atoms with E-state index in [1.807, 2.05) is 29.5 Å². The number of carboxylic acids is 1. The Morgan fingerprint density at radius 2 is 2.06 bits per heavy atom. The third kappa shape index (κ3) is 6.08. The van der Waals surface area contributed by atoms with Gasteiger partial charge in [0, 0.05) is 5.02 Å². The van der Waals surface area contributed by atoms with Crippen molar-refractivity contribution in [2.24, 2.45) is 4.99 Å². The second kappa shape index (κ2) is 10.9. The minimum Gasteiger partial charge on any atom is -0.494 e. The summed E-state index contributed by atoms with van der Waals surface area (Å²) in [5.74, 6) is -0.114. The molecule has 11 heteroatoms. The van der Waals surface area contributed by atoms with Gasteiger partial charge < -0.3 is 24.6 Å². The minimum atomic E-state index is -1.09. The predicted molar refractivity (Wildman–Crippen MR) is 132 cm³/mol. The van der Waals surface area contributed by atoms with Gasteiger partial charge in [0.15, 0.2) is 23.3 Å². The van der Waals surface area contributed by atoms with Crippen molar-refractivity contribution in [2.75, 3.05) is 20.3 Å². The van der Waals surface area contributed by atoms with Crippen molar-refractivity contribution in [3.05, 3.63) is 49.4 Å². The first-order valence-corrected chi connectivity index (χ1v) is 11.5. The number of rotatable bonds is 8. The molecular weight excluding hydrogens is 571 g/mol. The van der Waals surface area contributed by atoms with E-state index < -0.39 is 12.6 Å². The molecule has 1 aliphatic rings. The number of aliphatic carboxylic acids is 1. The number of nitrogens with zero attached hydrogens (tertiary/aromatic N) is 1. The lowest BCUT2D eigenvalue weighted by atomic mass is 10.2. The molecule has 2 aromatic carbocycles. The van der Waals surface area contributed by atoms with E-state index in [1.165, 1.54) is 18.9 Å². The van der Waals surface area contributed by atoms with E-state index in [4.69, 9.17) is 30.9 Å². The van der Waals surface area contributed by atoms with Crippen LogP contribution < -0.4 is 19.5 Å². The molecule has 1 amide bonds. The summed E-state index contributed by atoms with van der Waals surface area (Å²) < 4.78 is 16.9. The zero-order valence-electron chi connectivity index (χ0n) is 17.0. The molecule has 8 nitrogen and oxygen atoms in total. The standard InChI is InChI=1S/C21H18ClIN2O6S/c1-3-30-16-7-11(6-13(23)19(16)31-10-18(26)27)8-17-20(28)25-21(32-17)24-14-9-12(22)4-5-15(14)29-2/h4-9H,3,10H2,1-2H3,(H,26,27)(H,24,25,28)/b17-8-. The van der Waals surface area contributed by atoms with Gasteiger partial charge in [0.1, 0.15) is 11.4 Å². The summed E-state index contributed by atoms with van der Waals surface area (Å²) in [4.78, 5) is 28.2. The fraction of sp³-hybridized carbons (Fsp3) is 0.190. The molecule has 0 aliphatic carbocycles. The van der Waals surface area contributed by atoms with E-state index in [0.29, 0.717) is 53.8 Å². The highest BCUT2D eigenvalue weighted by Crippen LogP contribution is 2.37. The van der Waals surface area contributed by atoms with E-state index in [0.717, 1.165) is 0 Å². The van der Waals surface area contributed by atoms with Crippen LogP contribution in [0.25, 0.3) is 6.08 Å². The number of hydrogen-bond donors (Lipinski definition) is 2. The lowest BCUT2D eigenvalue weighted by molar-refractivity contribution is -0.139. The van der Waals surface area contributed by atoms with Crippen molar-refractivity contribution < 1.29 is 28.9 Å². The highest BCUT2D eigenvalue weighted by atomic mass is 127. The highest BCUT2D eigenvalue weighted by Gasteiger charge is 2.25. The van der Waals surface area contributed by atoms with Crippen LogP contribution in [0.15, 0.2) is 40.2 Å². The number of carbonyl (C=O) groups is 2. The average Bonchev–Trinajstić information content (AvgIpc) is 3.06. The summed E-state index contributed by atoms with van der Waals surface area (Å²) in [6.45, 7) is 1.70. The maximum atomic E-state index is 12.5. The van der Waals surface area contributed by atoms with Gasteiger partial charge >= 0.3 is 5.97 Å². The van der Waals surface area contributed by atoms with E-state index in [9.17, 15) is 9.59 Å². The van der Waals surface area contributed by atoms with E-state index in [-0.39, 0.29) is 5.91 Å². The number of nitrogens with one attached hydrogen (secondary N) is 1. The topological polar surface area (TPSA) is 106 Å². The number of ether oxygens (including phenoxy) is 3. The first-order chi connectivity index (χ1) is 15.3. The normalized spacial score (nSPS) is 15.7. The molecule has 0 aromatic heterocycles. The summed E-state index contributed by atoms with van der Waals surface area (Å²) in [5.41, 5.74) is 1.19. The second-order valence-corrected chi connectivity index (χ2v) is 8.87. The van der Waals surface area contributed by atoms with Crippen LogP contribution in [-0.2, 0) is 9.59 Å². The van der Waals surface area contributed by atoms with Crippen molar-refractivity contribution in [1.82, 2.24) is 5.32 Å². The van der Waals surface area contributed by atoms with Crippen LogP contribution in [0.4, 0.5) is 5.69 Å². The Hall–Kier alpha value is -2.44. The number of benzene rings is 2. The highest BCUT2D eigenvalue weighted by molar-refractivity contribution is 14.1. The fourth-order valence-electron chi connectivity index (χ4n) is 2.70. The molecule has 0 radical (unpaired) electrons. The molecule has 2 N–H and O–H groups in total. The van der Waals surface area contributed by atoms with Gasteiger partial charge in [-0.15, -0.1) is 0 Å². The Kier molecular flexibility index (Phi) is 8.26. The minimum absolute atomic E-state index is 0.297. The SMILES string of the molecule is CCOc1cc(/C=C2\SC(=Nc3cc(Cl)ccc3OC)NC2=O)cc(I)c1OCC(=O)O. The maximum absolute atomic E-state index is 12.5. The summed E-state index contributed by atoms with van der Waals surface area (Å²) in [5, 5.41) is 12.5. The van der Waals surface area contributed by atoms with Gasteiger partial charge in [0.25, 0.3) is 5.91 Å². The number of amidine groups is 1. The summed E-state index contributed by atoms with van der Waals surface area (Å²) >= 11 is 9.26. The lowest BCUT2D eigenvalue weighted by Gasteiger charge is -2.13. The van der Waals surface area contributed by atoms with Gasteiger partial charge in [-0.05, 0) is 83.2 Å². The zero-order valence-corrected chi connectivity index (χ0v) is 20.7. The number of hydrogen-bond acceptors (Lipinski definition) is 7. The van der Waals surface area contributed by atoms with Crippen LogP contribution in [0.3, 0.4) is 0 Å². The number of amides is 1. The molecule has 1 saturated heterocycles. The Morgan fingerprint density at radius 1 is 1.28 bits per heavy atom. The van der Waals surface area contributed by atoms with E-state index in [1.54, 1.807) is 36.4 Å². The number of carboxylic acid groups (broad SMARTS) is 1. The lowest BCUT2D eigenvalue weighted by Crippen LogP contribution is -2.19. The Morgan fingerprint density at radius 3 is 2.75 bits per heavy atom. The van der Waals surface area contributed by atoms with E-state index in [2.05, 4.69) is 10.3 Å². The van der Waals surface area contributed by atoms with Crippen molar-refractivity contribution in [3.8, 4) is 17.2 Å². The number of methoxy groups -OCH3 is 1. The second-order valence-electron chi connectivity index (χ2n) is 6.24. The van der Waals surface area contributed by atoms with Crippen LogP contribution >= 0.6 is 46.0 Å². The molecule has 1 heterocycles. The van der Waals surface area contributed by atoms with Crippen LogP contribution in [0.2, 0.25) is 5.02 Å². The molecule has 0 unspecified atom stereocenters. The molecule has 168 valence electrons. The quantitative estimate of drug-likeness (QED) is 0.340. The third-order valence-electron chi connectivity index (χ3n) is 3.98. The Bertz CT molecular complexity index is 1120. The molecule has 32 heavy (non-hydrogen) atoms. The first kappa shape index (κ1) is 24.2. The van der Waals surface area contributed by atoms with Crippen molar-refractivity contribution in [1.29, 1.82) is 0 Å². The third-order valence-corrected chi connectivity index (χ3v) is 5.93. The summed E-state index contributed by atoms with van der Waals surface area (Å²) in [7, 11) is 1.53. The molecule has 0 atom stereocenters. The molecule has 1 aliphatic heterocycles. The maximum Gasteiger partial charge on any atom is 0.341 e. The van der Waals surface area contributed by atoms with Crippen LogP contribution in [0.5, 0.6) is 17.2 Å². The predicted octanol–water partition coefficient (Wildman–Crippen LogP) is 4.71. The molecule has 2 aromatic rings. The van der Waals surface area contributed by atoms with Crippen LogP contribution in [0.1, 0.15) is 12.5 Å². The largest absolute Gasteiger partial charge is 0.494 e. The van der Waals surface area contributed by atoms with Crippen molar-refractivity contribution in [2.45, 2.75) is 6.92 Å². The molecule has 3 rings (SSSR count). The Balaban J connectivity index is 1.89. The van der Waals surface area contributed by atoms with Gasteiger partial charge in [-0.1, -0.05) is 11.6 Å². The van der Waals surface area contributed by atoms with E-state index >= 15 is 0 Å². The zero-order chi connectivity index (χ0) is 23.3. The van der Waals surface area contributed by atoms with Crippen LogP contribution in [0, 0.1) is 3.57 Å². The van der Waals surface area contributed by atoms with Gasteiger partial charge in [0.2, 0.25) is 0 Å². The van der Waals surface area contributed by atoms with Gasteiger partial charge in [-0.3, -0.25) is 4.79 Å². The smallest absolute Gasteiger partial charge is 0.341 e. The molecule has 1 fully saturated rings. The van der Waals surface area contributed by atoms with Gasteiger partial charge in [-0.25, -0.2) is 9.79 Å².